The molecule has 0 saturated carbocycles. The number of pyridine rings is 1. The lowest BCUT2D eigenvalue weighted by molar-refractivity contribution is 0.102. The minimum absolute atomic E-state index is 0.325. The first-order valence-corrected chi connectivity index (χ1v) is 7.71. The molecule has 120 valence electrons. The van der Waals surface area contributed by atoms with E-state index in [-0.39, 0.29) is 5.91 Å². The maximum absolute atomic E-state index is 12.4. The Morgan fingerprint density at radius 1 is 1.04 bits per heavy atom. The second-order valence-electron chi connectivity index (χ2n) is 5.10. The van der Waals surface area contributed by atoms with Gasteiger partial charge < -0.3 is 10.1 Å². The lowest BCUT2D eigenvalue weighted by Crippen LogP contribution is -2.14. The van der Waals surface area contributed by atoms with Gasteiger partial charge in [0.05, 0.1) is 12.7 Å². The van der Waals surface area contributed by atoms with Crippen molar-refractivity contribution in [1.82, 2.24) is 4.98 Å². The predicted molar refractivity (Wildman–Crippen MR) is 95.6 cm³/mol. The zero-order chi connectivity index (χ0) is 16.9. The third kappa shape index (κ3) is 3.55. The highest BCUT2D eigenvalue weighted by atomic mass is 35.5. The number of carbonyl (C=O) groups is 1. The smallest absolute Gasteiger partial charge is 0.260 e. The number of halogens is 1. The molecule has 0 aliphatic rings. The SMILES string of the molecule is COc1ccc(Cl)cc1C(=O)Nc1ccc(-c2ccccc2)cn1. The van der Waals surface area contributed by atoms with Gasteiger partial charge in [-0.2, -0.15) is 0 Å². The van der Waals surface area contributed by atoms with Crippen molar-refractivity contribution in [2.24, 2.45) is 0 Å². The Bertz CT molecular complexity index is 849. The highest BCUT2D eigenvalue weighted by molar-refractivity contribution is 6.31. The van der Waals surface area contributed by atoms with Gasteiger partial charge in [-0.1, -0.05) is 41.9 Å². The number of hydrogen-bond acceptors (Lipinski definition) is 3. The van der Waals surface area contributed by atoms with Crippen LogP contribution in [0.3, 0.4) is 0 Å². The summed E-state index contributed by atoms with van der Waals surface area (Å²) >= 11 is 5.96. The average molecular weight is 339 g/mol. The number of nitrogens with zero attached hydrogens (tertiary/aromatic N) is 1. The van der Waals surface area contributed by atoms with E-state index in [1.54, 1.807) is 30.5 Å². The van der Waals surface area contributed by atoms with Gasteiger partial charge in [0, 0.05) is 16.8 Å². The molecule has 0 aliphatic carbocycles. The molecular weight excluding hydrogens is 324 g/mol. The van der Waals surface area contributed by atoms with Crippen molar-refractivity contribution in [2.45, 2.75) is 0 Å². The fourth-order valence-electron chi connectivity index (χ4n) is 2.31. The molecule has 0 fully saturated rings. The Kier molecular flexibility index (Phi) is 4.77. The molecular formula is C19H15ClN2O2. The molecule has 5 heteroatoms. The van der Waals surface area contributed by atoms with Crippen LogP contribution in [0.2, 0.25) is 5.02 Å². The number of hydrogen-bond donors (Lipinski definition) is 1. The Labute approximate surface area is 145 Å². The van der Waals surface area contributed by atoms with E-state index >= 15 is 0 Å². The standard InChI is InChI=1S/C19H15ClN2O2/c1-24-17-9-8-15(20)11-16(17)19(23)22-18-10-7-14(12-21-18)13-5-3-2-4-6-13/h2-12H,1H3,(H,21,22,23). The van der Waals surface area contributed by atoms with Crippen LogP contribution >= 0.6 is 11.6 Å². The molecule has 1 aromatic heterocycles. The number of anilines is 1. The van der Waals surface area contributed by atoms with E-state index in [0.717, 1.165) is 11.1 Å². The maximum atomic E-state index is 12.4. The number of rotatable bonds is 4. The van der Waals surface area contributed by atoms with Gasteiger partial charge in [-0.25, -0.2) is 4.98 Å². The molecule has 0 atom stereocenters. The van der Waals surface area contributed by atoms with E-state index in [4.69, 9.17) is 16.3 Å². The van der Waals surface area contributed by atoms with E-state index in [2.05, 4.69) is 10.3 Å². The number of nitrogens with one attached hydrogen (secondary N) is 1. The van der Waals surface area contributed by atoms with Crippen LogP contribution in [-0.2, 0) is 0 Å². The quantitative estimate of drug-likeness (QED) is 0.752. The highest BCUT2D eigenvalue weighted by Gasteiger charge is 2.13. The van der Waals surface area contributed by atoms with Crippen LogP contribution in [-0.4, -0.2) is 18.0 Å². The fraction of sp³-hybridized carbons (Fsp3) is 0.0526. The van der Waals surface area contributed by atoms with Gasteiger partial charge in [-0.05, 0) is 35.9 Å². The van der Waals surface area contributed by atoms with Gasteiger partial charge >= 0.3 is 0 Å². The molecule has 0 unspecified atom stereocenters. The summed E-state index contributed by atoms with van der Waals surface area (Å²) in [5, 5.41) is 3.22. The average Bonchev–Trinajstić information content (AvgIpc) is 2.63. The van der Waals surface area contributed by atoms with E-state index in [9.17, 15) is 4.79 Å². The van der Waals surface area contributed by atoms with Crippen molar-refractivity contribution in [1.29, 1.82) is 0 Å². The maximum Gasteiger partial charge on any atom is 0.260 e. The number of carbonyl (C=O) groups excluding carboxylic acids is 1. The largest absolute Gasteiger partial charge is 0.496 e. The number of benzene rings is 2. The van der Waals surface area contributed by atoms with Crippen LogP contribution < -0.4 is 10.1 Å². The van der Waals surface area contributed by atoms with Crippen LogP contribution in [0.25, 0.3) is 11.1 Å². The van der Waals surface area contributed by atoms with E-state index in [0.29, 0.717) is 22.2 Å². The topological polar surface area (TPSA) is 51.2 Å². The van der Waals surface area contributed by atoms with Crippen LogP contribution in [0.4, 0.5) is 5.82 Å². The summed E-state index contributed by atoms with van der Waals surface area (Å²) in [4.78, 5) is 16.7. The molecule has 0 saturated heterocycles. The summed E-state index contributed by atoms with van der Waals surface area (Å²) in [6.07, 6.45) is 1.72. The van der Waals surface area contributed by atoms with E-state index in [1.165, 1.54) is 7.11 Å². The molecule has 0 aliphatic heterocycles. The zero-order valence-electron chi connectivity index (χ0n) is 13.0. The summed E-state index contributed by atoms with van der Waals surface area (Å²) in [7, 11) is 1.51. The Balaban J connectivity index is 1.79. The normalized spacial score (nSPS) is 10.2. The Morgan fingerprint density at radius 2 is 1.83 bits per heavy atom. The van der Waals surface area contributed by atoms with E-state index in [1.807, 2.05) is 36.4 Å². The molecule has 4 nitrogen and oxygen atoms in total. The Hall–Kier alpha value is -2.85. The van der Waals surface area contributed by atoms with Gasteiger partial charge in [0.25, 0.3) is 5.91 Å². The second kappa shape index (κ2) is 7.15. The van der Waals surface area contributed by atoms with Crippen molar-refractivity contribution in [3.63, 3.8) is 0 Å². The molecule has 0 radical (unpaired) electrons. The second-order valence-corrected chi connectivity index (χ2v) is 5.53. The van der Waals surface area contributed by atoms with Crippen LogP contribution in [0.5, 0.6) is 5.75 Å². The number of amides is 1. The lowest BCUT2D eigenvalue weighted by Gasteiger charge is -2.09. The van der Waals surface area contributed by atoms with Gasteiger partial charge in [0.15, 0.2) is 0 Å². The van der Waals surface area contributed by atoms with Gasteiger partial charge in [0.2, 0.25) is 0 Å². The molecule has 0 bridgehead atoms. The molecule has 2 aromatic carbocycles. The first-order chi connectivity index (χ1) is 11.7. The monoisotopic (exact) mass is 338 g/mol. The van der Waals surface area contributed by atoms with Crippen molar-refractivity contribution >= 4 is 23.3 Å². The molecule has 3 aromatic rings. The van der Waals surface area contributed by atoms with Crippen molar-refractivity contribution in [3.8, 4) is 16.9 Å². The summed E-state index contributed by atoms with van der Waals surface area (Å²) < 4.78 is 5.20. The number of methoxy groups -OCH3 is 1. The van der Waals surface area contributed by atoms with Crippen molar-refractivity contribution < 1.29 is 9.53 Å². The lowest BCUT2D eigenvalue weighted by atomic mass is 10.1. The van der Waals surface area contributed by atoms with Gasteiger partial charge in [-0.15, -0.1) is 0 Å². The minimum Gasteiger partial charge on any atom is -0.496 e. The third-order valence-electron chi connectivity index (χ3n) is 3.52. The molecule has 24 heavy (non-hydrogen) atoms. The van der Waals surface area contributed by atoms with E-state index < -0.39 is 0 Å². The fourth-order valence-corrected chi connectivity index (χ4v) is 2.48. The predicted octanol–water partition coefficient (Wildman–Crippen LogP) is 4.66. The Morgan fingerprint density at radius 3 is 2.50 bits per heavy atom. The highest BCUT2D eigenvalue weighted by Crippen LogP contribution is 2.24. The number of aromatic nitrogens is 1. The molecule has 1 heterocycles. The zero-order valence-corrected chi connectivity index (χ0v) is 13.7. The third-order valence-corrected chi connectivity index (χ3v) is 3.75. The minimum atomic E-state index is -0.325. The summed E-state index contributed by atoms with van der Waals surface area (Å²) in [6, 6.07) is 18.5. The summed E-state index contributed by atoms with van der Waals surface area (Å²) in [5.41, 5.74) is 2.41. The van der Waals surface area contributed by atoms with Crippen LogP contribution in [0.1, 0.15) is 10.4 Å². The number of ether oxygens (including phenoxy) is 1. The molecule has 1 amide bonds. The molecule has 3 rings (SSSR count). The van der Waals surface area contributed by atoms with Gasteiger partial charge in [-0.3, -0.25) is 4.79 Å². The first-order valence-electron chi connectivity index (χ1n) is 7.34. The molecule has 1 N–H and O–H groups in total. The van der Waals surface area contributed by atoms with Crippen LogP contribution in [0.15, 0.2) is 66.9 Å². The van der Waals surface area contributed by atoms with Crippen molar-refractivity contribution in [3.05, 3.63) is 77.4 Å². The van der Waals surface area contributed by atoms with Crippen molar-refractivity contribution in [2.75, 3.05) is 12.4 Å². The first kappa shape index (κ1) is 16.0. The molecule has 0 spiro atoms. The summed E-state index contributed by atoms with van der Waals surface area (Å²) in [5.74, 6) is 0.592. The van der Waals surface area contributed by atoms with Crippen LogP contribution in [0, 0.1) is 0 Å². The summed E-state index contributed by atoms with van der Waals surface area (Å²) in [6.45, 7) is 0. The van der Waals surface area contributed by atoms with Gasteiger partial charge in [0.1, 0.15) is 11.6 Å².